The number of amides is 1. The Labute approximate surface area is 130 Å². The molecule has 0 radical (unpaired) electrons. The first kappa shape index (κ1) is 15.7. The molecule has 0 bridgehead atoms. The standard InChI is InChI=1S/C17H20N4O/c1-4-9-18-17(22)15-10-20-16(11-19-15)21-14-7-5-13(6-8-14)12(2)3/h4-8,10-12H,1,9H2,2-3H3,(H,18,22)(H,20,21). The maximum Gasteiger partial charge on any atom is 0.271 e. The lowest BCUT2D eigenvalue weighted by Gasteiger charge is -2.09. The molecule has 1 heterocycles. The molecule has 0 aliphatic rings. The average Bonchev–Trinajstić information content (AvgIpc) is 2.54. The number of anilines is 2. The molecule has 22 heavy (non-hydrogen) atoms. The van der Waals surface area contributed by atoms with Crippen LogP contribution in [0.2, 0.25) is 0 Å². The van der Waals surface area contributed by atoms with Crippen LogP contribution >= 0.6 is 0 Å². The number of hydrogen-bond acceptors (Lipinski definition) is 4. The van der Waals surface area contributed by atoms with E-state index >= 15 is 0 Å². The highest BCUT2D eigenvalue weighted by Gasteiger charge is 2.06. The summed E-state index contributed by atoms with van der Waals surface area (Å²) in [6.45, 7) is 8.26. The van der Waals surface area contributed by atoms with Gasteiger partial charge >= 0.3 is 0 Å². The number of hydrogen-bond donors (Lipinski definition) is 2. The Morgan fingerprint density at radius 2 is 1.95 bits per heavy atom. The summed E-state index contributed by atoms with van der Waals surface area (Å²) in [5.41, 5.74) is 2.50. The molecule has 5 heteroatoms. The minimum atomic E-state index is -0.264. The third kappa shape index (κ3) is 4.15. The van der Waals surface area contributed by atoms with E-state index in [0.29, 0.717) is 18.3 Å². The number of carbonyl (C=O) groups excluding carboxylic acids is 1. The van der Waals surface area contributed by atoms with Crippen LogP contribution in [0.15, 0.2) is 49.3 Å². The van der Waals surface area contributed by atoms with Gasteiger partial charge in [-0.1, -0.05) is 32.1 Å². The molecule has 0 aliphatic heterocycles. The molecule has 2 aromatic rings. The van der Waals surface area contributed by atoms with E-state index in [0.717, 1.165) is 5.69 Å². The molecule has 114 valence electrons. The number of carbonyl (C=O) groups is 1. The van der Waals surface area contributed by atoms with E-state index in [4.69, 9.17) is 0 Å². The van der Waals surface area contributed by atoms with Gasteiger partial charge in [-0.2, -0.15) is 0 Å². The van der Waals surface area contributed by atoms with E-state index in [2.05, 4.69) is 53.2 Å². The van der Waals surface area contributed by atoms with Crippen LogP contribution in [-0.4, -0.2) is 22.4 Å². The first-order valence-electron chi connectivity index (χ1n) is 7.18. The van der Waals surface area contributed by atoms with E-state index < -0.39 is 0 Å². The molecule has 0 aliphatic carbocycles. The average molecular weight is 296 g/mol. The van der Waals surface area contributed by atoms with Crippen molar-refractivity contribution in [3.05, 3.63) is 60.6 Å². The maximum atomic E-state index is 11.7. The Morgan fingerprint density at radius 3 is 2.50 bits per heavy atom. The SMILES string of the molecule is C=CCNC(=O)c1cnc(Nc2ccc(C(C)C)cc2)cn1. The third-order valence-electron chi connectivity index (χ3n) is 3.14. The van der Waals surface area contributed by atoms with Crippen LogP contribution in [0.5, 0.6) is 0 Å². The molecule has 5 nitrogen and oxygen atoms in total. The Kier molecular flexibility index (Phi) is 5.25. The Balaban J connectivity index is 2.01. The first-order valence-corrected chi connectivity index (χ1v) is 7.18. The number of rotatable bonds is 6. The Bertz CT molecular complexity index is 633. The van der Waals surface area contributed by atoms with Gasteiger partial charge in [-0.05, 0) is 23.6 Å². The second-order valence-corrected chi connectivity index (χ2v) is 5.19. The third-order valence-corrected chi connectivity index (χ3v) is 3.14. The Morgan fingerprint density at radius 1 is 1.23 bits per heavy atom. The van der Waals surface area contributed by atoms with E-state index in [9.17, 15) is 4.79 Å². The monoisotopic (exact) mass is 296 g/mol. The maximum absolute atomic E-state index is 11.7. The van der Waals surface area contributed by atoms with Crippen molar-refractivity contribution in [2.75, 3.05) is 11.9 Å². The summed E-state index contributed by atoms with van der Waals surface area (Å²) in [5.74, 6) is 0.833. The number of benzene rings is 1. The molecule has 2 N–H and O–H groups in total. The van der Waals surface area contributed by atoms with Crippen molar-refractivity contribution in [2.45, 2.75) is 19.8 Å². The molecule has 0 spiro atoms. The van der Waals surface area contributed by atoms with Gasteiger partial charge in [0.2, 0.25) is 0 Å². The topological polar surface area (TPSA) is 66.9 Å². The van der Waals surface area contributed by atoms with Gasteiger partial charge in [0, 0.05) is 12.2 Å². The predicted octanol–water partition coefficient (Wildman–Crippen LogP) is 3.26. The second kappa shape index (κ2) is 7.36. The van der Waals surface area contributed by atoms with E-state index in [-0.39, 0.29) is 11.6 Å². The van der Waals surface area contributed by atoms with Crippen molar-refractivity contribution >= 4 is 17.4 Å². The van der Waals surface area contributed by atoms with Gasteiger partial charge in [0.1, 0.15) is 11.5 Å². The predicted molar refractivity (Wildman–Crippen MR) is 88.4 cm³/mol. The molecule has 0 unspecified atom stereocenters. The lowest BCUT2D eigenvalue weighted by Crippen LogP contribution is -2.24. The van der Waals surface area contributed by atoms with Gasteiger partial charge in [0.25, 0.3) is 5.91 Å². The summed E-state index contributed by atoms with van der Waals surface area (Å²) in [4.78, 5) is 20.0. The minimum absolute atomic E-state index is 0.264. The number of aromatic nitrogens is 2. The van der Waals surface area contributed by atoms with Crippen LogP contribution in [0.1, 0.15) is 35.8 Å². The van der Waals surface area contributed by atoms with Gasteiger partial charge < -0.3 is 10.6 Å². The fourth-order valence-corrected chi connectivity index (χ4v) is 1.86. The lowest BCUT2D eigenvalue weighted by molar-refractivity contribution is 0.0952. The molecular weight excluding hydrogens is 276 g/mol. The molecular formula is C17H20N4O. The second-order valence-electron chi connectivity index (χ2n) is 5.19. The van der Waals surface area contributed by atoms with Gasteiger partial charge in [0.05, 0.1) is 12.4 Å². The van der Waals surface area contributed by atoms with E-state index in [1.165, 1.54) is 11.8 Å². The van der Waals surface area contributed by atoms with Gasteiger partial charge in [-0.25, -0.2) is 9.97 Å². The molecule has 0 saturated carbocycles. The summed E-state index contributed by atoms with van der Waals surface area (Å²) in [6.07, 6.45) is 4.60. The van der Waals surface area contributed by atoms with Crippen molar-refractivity contribution in [1.29, 1.82) is 0 Å². The molecule has 0 fully saturated rings. The summed E-state index contributed by atoms with van der Waals surface area (Å²) in [7, 11) is 0. The van der Waals surface area contributed by atoms with Crippen LogP contribution < -0.4 is 10.6 Å². The zero-order valence-electron chi connectivity index (χ0n) is 12.8. The van der Waals surface area contributed by atoms with Crippen molar-refractivity contribution in [2.24, 2.45) is 0 Å². The quantitative estimate of drug-likeness (QED) is 0.803. The summed E-state index contributed by atoms with van der Waals surface area (Å²) < 4.78 is 0. The van der Waals surface area contributed by atoms with Crippen molar-refractivity contribution in [3.8, 4) is 0 Å². The molecule has 1 aromatic heterocycles. The first-order chi connectivity index (χ1) is 10.6. The van der Waals surface area contributed by atoms with E-state index in [1.807, 2.05) is 12.1 Å². The molecule has 1 aromatic carbocycles. The van der Waals surface area contributed by atoms with Gasteiger partial charge in [0.15, 0.2) is 0 Å². The summed E-state index contributed by atoms with van der Waals surface area (Å²) in [6, 6.07) is 8.17. The smallest absolute Gasteiger partial charge is 0.271 e. The lowest BCUT2D eigenvalue weighted by atomic mass is 10.0. The minimum Gasteiger partial charge on any atom is -0.347 e. The largest absolute Gasteiger partial charge is 0.347 e. The number of nitrogens with zero attached hydrogens (tertiary/aromatic N) is 2. The van der Waals surface area contributed by atoms with Crippen LogP contribution in [0.25, 0.3) is 0 Å². The van der Waals surface area contributed by atoms with E-state index in [1.54, 1.807) is 12.3 Å². The molecule has 2 rings (SSSR count). The summed E-state index contributed by atoms with van der Waals surface area (Å²) in [5, 5.41) is 5.81. The molecule has 0 saturated heterocycles. The van der Waals surface area contributed by atoms with Gasteiger partial charge in [-0.15, -0.1) is 6.58 Å². The van der Waals surface area contributed by atoms with Crippen LogP contribution in [-0.2, 0) is 0 Å². The van der Waals surface area contributed by atoms with Crippen molar-refractivity contribution in [3.63, 3.8) is 0 Å². The highest BCUT2D eigenvalue weighted by Crippen LogP contribution is 2.19. The van der Waals surface area contributed by atoms with Crippen molar-refractivity contribution in [1.82, 2.24) is 15.3 Å². The molecule has 0 atom stereocenters. The zero-order valence-corrected chi connectivity index (χ0v) is 12.8. The van der Waals surface area contributed by atoms with Crippen molar-refractivity contribution < 1.29 is 4.79 Å². The normalized spacial score (nSPS) is 10.3. The Hall–Kier alpha value is -2.69. The fraction of sp³-hybridized carbons (Fsp3) is 0.235. The van der Waals surface area contributed by atoms with Crippen LogP contribution in [0, 0.1) is 0 Å². The molecule has 1 amide bonds. The van der Waals surface area contributed by atoms with Gasteiger partial charge in [-0.3, -0.25) is 4.79 Å². The highest BCUT2D eigenvalue weighted by molar-refractivity contribution is 5.92. The van der Waals surface area contributed by atoms with Crippen LogP contribution in [0.4, 0.5) is 11.5 Å². The summed E-state index contributed by atoms with van der Waals surface area (Å²) >= 11 is 0. The number of nitrogens with one attached hydrogen (secondary N) is 2. The zero-order chi connectivity index (χ0) is 15.9. The van der Waals surface area contributed by atoms with Crippen LogP contribution in [0.3, 0.4) is 0 Å². The fourth-order valence-electron chi connectivity index (χ4n) is 1.86. The highest BCUT2D eigenvalue weighted by atomic mass is 16.1.